The SMILES string of the molecule is CCOc1ccccc1/C=N\NC(=O)[C@@H](CC(C)C)NC(=O)COc1ccccc1C. The van der Waals surface area contributed by atoms with E-state index in [2.05, 4.69) is 15.8 Å². The van der Waals surface area contributed by atoms with Crippen LogP contribution in [0.1, 0.15) is 38.3 Å². The Labute approximate surface area is 183 Å². The van der Waals surface area contributed by atoms with Crippen molar-refractivity contribution in [2.45, 2.75) is 40.2 Å². The summed E-state index contributed by atoms with van der Waals surface area (Å²) in [6, 6.07) is 14.2. The second-order valence-electron chi connectivity index (χ2n) is 7.51. The van der Waals surface area contributed by atoms with Gasteiger partial charge in [0.15, 0.2) is 6.61 Å². The average Bonchev–Trinajstić information content (AvgIpc) is 2.73. The van der Waals surface area contributed by atoms with E-state index in [1.807, 2.05) is 70.2 Å². The van der Waals surface area contributed by atoms with Gasteiger partial charge in [-0.25, -0.2) is 5.43 Å². The summed E-state index contributed by atoms with van der Waals surface area (Å²) in [6.07, 6.45) is 2.01. The summed E-state index contributed by atoms with van der Waals surface area (Å²) < 4.78 is 11.1. The van der Waals surface area contributed by atoms with Gasteiger partial charge in [-0.1, -0.05) is 44.2 Å². The molecule has 0 aliphatic carbocycles. The van der Waals surface area contributed by atoms with Gasteiger partial charge in [0, 0.05) is 5.56 Å². The Kier molecular flexibility index (Phi) is 9.55. The number of nitrogens with zero attached hydrogens (tertiary/aromatic N) is 1. The molecule has 0 aromatic heterocycles. The molecule has 2 N–H and O–H groups in total. The maximum absolute atomic E-state index is 12.6. The summed E-state index contributed by atoms with van der Waals surface area (Å²) in [5.74, 6) is 0.775. The van der Waals surface area contributed by atoms with E-state index in [1.54, 1.807) is 6.07 Å². The van der Waals surface area contributed by atoms with Gasteiger partial charge in [0.25, 0.3) is 11.8 Å². The molecule has 0 bridgehead atoms. The van der Waals surface area contributed by atoms with Gasteiger partial charge in [0.2, 0.25) is 0 Å². The summed E-state index contributed by atoms with van der Waals surface area (Å²) in [4.78, 5) is 25.0. The lowest BCUT2D eigenvalue weighted by Gasteiger charge is -2.19. The molecular formula is C24H31N3O4. The van der Waals surface area contributed by atoms with Crippen LogP contribution in [0, 0.1) is 12.8 Å². The first-order chi connectivity index (χ1) is 14.9. The number of rotatable bonds is 11. The summed E-state index contributed by atoms with van der Waals surface area (Å²) in [5, 5.41) is 6.78. The maximum Gasteiger partial charge on any atom is 0.262 e. The van der Waals surface area contributed by atoms with Gasteiger partial charge in [-0.2, -0.15) is 5.10 Å². The zero-order chi connectivity index (χ0) is 22.6. The maximum atomic E-state index is 12.6. The van der Waals surface area contributed by atoms with Crippen LogP contribution in [0.25, 0.3) is 0 Å². The Bertz CT molecular complexity index is 896. The van der Waals surface area contributed by atoms with Gasteiger partial charge < -0.3 is 14.8 Å². The van der Waals surface area contributed by atoms with Crippen molar-refractivity contribution in [3.8, 4) is 11.5 Å². The summed E-state index contributed by atoms with van der Waals surface area (Å²) >= 11 is 0. The fourth-order valence-corrected chi connectivity index (χ4v) is 2.92. The van der Waals surface area contributed by atoms with Crippen molar-refractivity contribution in [2.75, 3.05) is 13.2 Å². The largest absolute Gasteiger partial charge is 0.493 e. The Morgan fingerprint density at radius 3 is 2.39 bits per heavy atom. The molecule has 2 amide bonds. The lowest BCUT2D eigenvalue weighted by molar-refractivity contribution is -0.130. The number of hydrogen-bond donors (Lipinski definition) is 2. The molecule has 0 aliphatic heterocycles. The minimum absolute atomic E-state index is 0.169. The molecule has 166 valence electrons. The van der Waals surface area contributed by atoms with Gasteiger partial charge in [-0.05, 0) is 49.9 Å². The highest BCUT2D eigenvalue weighted by molar-refractivity contribution is 5.89. The van der Waals surface area contributed by atoms with Crippen molar-refractivity contribution < 1.29 is 19.1 Å². The van der Waals surface area contributed by atoms with E-state index in [1.165, 1.54) is 6.21 Å². The Balaban J connectivity index is 1.95. The van der Waals surface area contributed by atoms with Crippen molar-refractivity contribution in [1.29, 1.82) is 0 Å². The lowest BCUT2D eigenvalue weighted by atomic mass is 10.0. The molecule has 0 spiro atoms. The minimum Gasteiger partial charge on any atom is -0.493 e. The average molecular weight is 426 g/mol. The molecule has 7 nitrogen and oxygen atoms in total. The van der Waals surface area contributed by atoms with Crippen LogP contribution in [0.15, 0.2) is 53.6 Å². The van der Waals surface area contributed by atoms with Crippen LogP contribution in [-0.4, -0.2) is 37.3 Å². The highest BCUT2D eigenvalue weighted by Gasteiger charge is 2.22. The molecule has 2 aromatic rings. The lowest BCUT2D eigenvalue weighted by Crippen LogP contribution is -2.47. The van der Waals surface area contributed by atoms with E-state index < -0.39 is 6.04 Å². The van der Waals surface area contributed by atoms with Crippen molar-refractivity contribution in [1.82, 2.24) is 10.7 Å². The number of aryl methyl sites for hydroxylation is 1. The number of para-hydroxylation sites is 2. The Hall–Kier alpha value is -3.35. The van der Waals surface area contributed by atoms with E-state index in [0.717, 1.165) is 11.1 Å². The first-order valence-electron chi connectivity index (χ1n) is 10.4. The molecule has 2 aromatic carbocycles. The quantitative estimate of drug-likeness (QED) is 0.426. The van der Waals surface area contributed by atoms with E-state index in [-0.39, 0.29) is 24.3 Å². The number of carbonyl (C=O) groups excluding carboxylic acids is 2. The van der Waals surface area contributed by atoms with Crippen LogP contribution < -0.4 is 20.2 Å². The van der Waals surface area contributed by atoms with Crippen LogP contribution >= 0.6 is 0 Å². The second-order valence-corrected chi connectivity index (χ2v) is 7.51. The standard InChI is InChI=1S/C24H31N3O4/c1-5-30-22-13-9-7-11-19(22)15-25-27-24(29)20(14-17(2)3)26-23(28)16-31-21-12-8-6-10-18(21)4/h6-13,15,17,20H,5,14,16H2,1-4H3,(H,26,28)(H,27,29)/b25-15-/t20-/m1/s1. The molecule has 0 aliphatic rings. The number of benzene rings is 2. The van der Waals surface area contributed by atoms with Crippen LogP contribution in [0.5, 0.6) is 11.5 Å². The Morgan fingerprint density at radius 2 is 1.71 bits per heavy atom. The van der Waals surface area contributed by atoms with Crippen LogP contribution in [-0.2, 0) is 9.59 Å². The third-order valence-corrected chi connectivity index (χ3v) is 4.41. The van der Waals surface area contributed by atoms with Crippen molar-refractivity contribution in [2.24, 2.45) is 11.0 Å². The van der Waals surface area contributed by atoms with Crippen molar-refractivity contribution in [3.63, 3.8) is 0 Å². The predicted molar refractivity (Wildman–Crippen MR) is 121 cm³/mol. The van der Waals surface area contributed by atoms with Crippen molar-refractivity contribution in [3.05, 3.63) is 59.7 Å². The summed E-state index contributed by atoms with van der Waals surface area (Å²) in [5.41, 5.74) is 4.20. The zero-order valence-corrected chi connectivity index (χ0v) is 18.6. The third-order valence-electron chi connectivity index (χ3n) is 4.41. The van der Waals surface area contributed by atoms with Gasteiger partial charge >= 0.3 is 0 Å². The normalized spacial score (nSPS) is 11.9. The molecule has 31 heavy (non-hydrogen) atoms. The number of amides is 2. The summed E-state index contributed by atoms with van der Waals surface area (Å²) in [6.45, 7) is 8.14. The van der Waals surface area contributed by atoms with Gasteiger partial charge in [0.1, 0.15) is 17.5 Å². The first kappa shape index (κ1) is 23.9. The van der Waals surface area contributed by atoms with Crippen LogP contribution in [0.4, 0.5) is 0 Å². The number of hydrogen-bond acceptors (Lipinski definition) is 5. The van der Waals surface area contributed by atoms with Crippen molar-refractivity contribution >= 4 is 18.0 Å². The number of ether oxygens (including phenoxy) is 2. The van der Waals surface area contributed by atoms with Gasteiger partial charge in [-0.3, -0.25) is 9.59 Å². The van der Waals surface area contributed by atoms with Gasteiger partial charge in [-0.15, -0.1) is 0 Å². The third kappa shape index (κ3) is 8.12. The molecule has 7 heteroatoms. The Morgan fingerprint density at radius 1 is 1.03 bits per heavy atom. The number of carbonyl (C=O) groups is 2. The monoisotopic (exact) mass is 425 g/mol. The van der Waals surface area contributed by atoms with E-state index >= 15 is 0 Å². The highest BCUT2D eigenvalue weighted by Crippen LogP contribution is 2.16. The van der Waals surface area contributed by atoms with E-state index in [0.29, 0.717) is 24.5 Å². The summed E-state index contributed by atoms with van der Waals surface area (Å²) in [7, 11) is 0. The molecular weight excluding hydrogens is 394 g/mol. The molecule has 0 heterocycles. The number of hydrazone groups is 1. The van der Waals surface area contributed by atoms with Crippen LogP contribution in [0.3, 0.4) is 0 Å². The zero-order valence-electron chi connectivity index (χ0n) is 18.6. The predicted octanol–water partition coefficient (Wildman–Crippen LogP) is 3.45. The first-order valence-corrected chi connectivity index (χ1v) is 10.4. The molecule has 2 rings (SSSR count). The molecule has 0 saturated carbocycles. The molecule has 0 unspecified atom stereocenters. The molecule has 0 saturated heterocycles. The van der Waals surface area contributed by atoms with E-state index in [9.17, 15) is 9.59 Å². The highest BCUT2D eigenvalue weighted by atomic mass is 16.5. The minimum atomic E-state index is -0.716. The van der Waals surface area contributed by atoms with Gasteiger partial charge in [0.05, 0.1) is 12.8 Å². The van der Waals surface area contributed by atoms with E-state index in [4.69, 9.17) is 9.47 Å². The molecule has 0 fully saturated rings. The fraction of sp³-hybridized carbons (Fsp3) is 0.375. The number of nitrogens with one attached hydrogen (secondary N) is 2. The second kappa shape index (κ2) is 12.4. The fourth-order valence-electron chi connectivity index (χ4n) is 2.92. The topological polar surface area (TPSA) is 89.0 Å². The molecule has 0 radical (unpaired) electrons. The van der Waals surface area contributed by atoms with Crippen LogP contribution in [0.2, 0.25) is 0 Å². The smallest absolute Gasteiger partial charge is 0.262 e. The molecule has 1 atom stereocenters.